The van der Waals surface area contributed by atoms with E-state index in [-0.39, 0.29) is 11.4 Å². The molecule has 2 atom stereocenters. The van der Waals surface area contributed by atoms with E-state index in [1.807, 2.05) is 6.07 Å². The topological polar surface area (TPSA) is 92.3 Å². The van der Waals surface area contributed by atoms with E-state index in [2.05, 4.69) is 40.3 Å². The maximum atomic E-state index is 11.6. The Morgan fingerprint density at radius 1 is 1.21 bits per heavy atom. The van der Waals surface area contributed by atoms with E-state index < -0.39 is 0 Å². The van der Waals surface area contributed by atoms with Gasteiger partial charge in [0.1, 0.15) is 12.4 Å². The van der Waals surface area contributed by atoms with Crippen molar-refractivity contribution in [3.63, 3.8) is 0 Å². The van der Waals surface area contributed by atoms with Crippen molar-refractivity contribution in [2.24, 2.45) is 5.92 Å². The molecule has 2 aromatic heterocycles. The van der Waals surface area contributed by atoms with Crippen LogP contribution in [0.15, 0.2) is 36.9 Å². The molecule has 3 aromatic rings. The predicted octanol–water partition coefficient (Wildman–Crippen LogP) is 4.73. The summed E-state index contributed by atoms with van der Waals surface area (Å²) < 4.78 is 6.32. The first-order valence-corrected chi connectivity index (χ1v) is 14.4. The molecule has 202 valence electrons. The Morgan fingerprint density at radius 3 is 2.87 bits per heavy atom. The quantitative estimate of drug-likeness (QED) is 0.297. The summed E-state index contributed by atoms with van der Waals surface area (Å²) in [6.45, 7) is 7.24. The molecule has 1 amide bonds. The molecule has 2 saturated heterocycles. The first-order chi connectivity index (χ1) is 19.0. The second-order valence-corrected chi connectivity index (χ2v) is 11.8. The van der Waals surface area contributed by atoms with Crippen molar-refractivity contribution >= 4 is 34.4 Å². The van der Waals surface area contributed by atoms with Crippen LogP contribution < -0.4 is 15.4 Å². The van der Waals surface area contributed by atoms with Gasteiger partial charge in [0.25, 0.3) is 0 Å². The van der Waals surface area contributed by atoms with Crippen molar-refractivity contribution in [1.29, 1.82) is 0 Å². The minimum Gasteiger partial charge on any atom is -0.461 e. The molecule has 4 heterocycles. The average Bonchev–Trinajstić information content (AvgIpc) is 3.23. The smallest absolute Gasteiger partial charge is 0.320 e. The number of carbonyl (C=O) groups is 1. The number of fused-ring (bicyclic) bond motifs is 5. The molecular formula is C30H33ClN6O2. The van der Waals surface area contributed by atoms with Gasteiger partial charge >= 0.3 is 6.01 Å². The highest BCUT2D eigenvalue weighted by Gasteiger charge is 2.47. The third kappa shape index (κ3) is 4.43. The number of hydrogen-bond donors (Lipinski definition) is 2. The van der Waals surface area contributed by atoms with Gasteiger partial charge in [-0.15, -0.1) is 0 Å². The van der Waals surface area contributed by atoms with Crippen molar-refractivity contribution in [3.8, 4) is 17.3 Å². The van der Waals surface area contributed by atoms with Crippen LogP contribution in [0, 0.1) is 5.92 Å². The standard InChI is InChI=1S/C30H33ClN6O2/c1-2-24(38)32-10-11-33-27-22-16-23(31)26(20-7-3-6-18-14-19-15-21(19)25(18)20)34-28(22)36-29(35-27)39-17-30-8-4-12-37(30)13-5-9-30/h2-3,6-7,16,19,21H,1,4-5,8-15,17H2,(H,32,38)(H,33,34,35,36). The largest absolute Gasteiger partial charge is 0.461 e. The number of ether oxygens (including phenoxy) is 1. The molecule has 0 spiro atoms. The summed E-state index contributed by atoms with van der Waals surface area (Å²) in [5.41, 5.74) is 5.33. The number of aromatic nitrogens is 3. The Balaban J connectivity index is 1.23. The molecule has 4 aliphatic rings. The molecule has 2 aliphatic carbocycles. The first kappa shape index (κ1) is 24.8. The van der Waals surface area contributed by atoms with Gasteiger partial charge in [0.2, 0.25) is 5.91 Å². The second kappa shape index (κ2) is 9.75. The van der Waals surface area contributed by atoms with E-state index >= 15 is 0 Å². The van der Waals surface area contributed by atoms with Crippen molar-refractivity contribution in [1.82, 2.24) is 25.2 Å². The van der Waals surface area contributed by atoms with Crippen LogP contribution in [-0.4, -0.2) is 64.1 Å². The van der Waals surface area contributed by atoms with E-state index in [0.717, 1.165) is 54.9 Å². The Kier molecular flexibility index (Phi) is 6.20. The molecule has 7 rings (SSSR count). The maximum Gasteiger partial charge on any atom is 0.320 e. The van der Waals surface area contributed by atoms with E-state index in [1.165, 1.54) is 36.5 Å². The molecule has 9 heteroatoms. The summed E-state index contributed by atoms with van der Waals surface area (Å²) in [6.07, 6.45) is 8.37. The lowest BCUT2D eigenvalue weighted by Gasteiger charge is -2.31. The van der Waals surface area contributed by atoms with E-state index in [1.54, 1.807) is 0 Å². The SMILES string of the molecule is C=CC(=O)NCCNc1nc(OCC23CCCN2CCC3)nc2nc(-c3cccc4c3C3CC3C4)c(Cl)cc12. The summed E-state index contributed by atoms with van der Waals surface area (Å²) in [5.74, 6) is 1.77. The summed E-state index contributed by atoms with van der Waals surface area (Å²) >= 11 is 6.89. The normalized spacial score (nSPS) is 22.3. The fourth-order valence-electron chi connectivity index (χ4n) is 7.04. The Bertz CT molecular complexity index is 1470. The number of nitrogens with zero attached hydrogens (tertiary/aromatic N) is 4. The first-order valence-electron chi connectivity index (χ1n) is 14.1. The highest BCUT2D eigenvalue weighted by molar-refractivity contribution is 6.34. The molecule has 2 N–H and O–H groups in total. The summed E-state index contributed by atoms with van der Waals surface area (Å²) in [7, 11) is 0. The van der Waals surface area contributed by atoms with Crippen LogP contribution in [0.3, 0.4) is 0 Å². The van der Waals surface area contributed by atoms with Crippen LogP contribution in [-0.2, 0) is 11.2 Å². The Labute approximate surface area is 233 Å². The van der Waals surface area contributed by atoms with Crippen LogP contribution in [0.25, 0.3) is 22.3 Å². The Hall–Kier alpha value is -3.23. The number of rotatable bonds is 9. The molecule has 0 radical (unpaired) electrons. The minimum atomic E-state index is -0.215. The molecule has 1 aromatic carbocycles. The fourth-order valence-corrected chi connectivity index (χ4v) is 7.29. The fraction of sp³-hybridized carbons (Fsp3) is 0.467. The highest BCUT2D eigenvalue weighted by atomic mass is 35.5. The van der Waals surface area contributed by atoms with Crippen molar-refractivity contribution in [3.05, 3.63) is 53.1 Å². The van der Waals surface area contributed by atoms with Gasteiger partial charge in [-0.1, -0.05) is 36.4 Å². The van der Waals surface area contributed by atoms with Crippen LogP contribution in [0.1, 0.15) is 49.1 Å². The summed E-state index contributed by atoms with van der Waals surface area (Å²) in [6, 6.07) is 8.69. The zero-order valence-electron chi connectivity index (χ0n) is 22.0. The van der Waals surface area contributed by atoms with Gasteiger partial charge in [-0.05, 0) is 86.7 Å². The van der Waals surface area contributed by atoms with Gasteiger partial charge in [0.05, 0.1) is 21.6 Å². The van der Waals surface area contributed by atoms with Gasteiger partial charge < -0.3 is 15.4 Å². The average molecular weight is 545 g/mol. The van der Waals surface area contributed by atoms with E-state index in [0.29, 0.717) is 48.1 Å². The molecule has 0 bridgehead atoms. The molecule has 2 aliphatic heterocycles. The van der Waals surface area contributed by atoms with Crippen molar-refractivity contribution in [2.75, 3.05) is 38.1 Å². The lowest BCUT2D eigenvalue weighted by molar-refractivity contribution is -0.116. The maximum absolute atomic E-state index is 11.6. The molecular weight excluding hydrogens is 512 g/mol. The van der Waals surface area contributed by atoms with Gasteiger partial charge in [0.15, 0.2) is 5.65 Å². The monoisotopic (exact) mass is 544 g/mol. The van der Waals surface area contributed by atoms with Gasteiger partial charge in [0, 0.05) is 18.7 Å². The minimum absolute atomic E-state index is 0.0882. The van der Waals surface area contributed by atoms with Gasteiger partial charge in [-0.3, -0.25) is 9.69 Å². The third-order valence-electron chi connectivity index (χ3n) is 9.03. The van der Waals surface area contributed by atoms with Crippen LogP contribution in [0.5, 0.6) is 6.01 Å². The number of anilines is 1. The van der Waals surface area contributed by atoms with E-state index in [9.17, 15) is 4.79 Å². The molecule has 8 nitrogen and oxygen atoms in total. The number of pyridine rings is 1. The lowest BCUT2D eigenvalue weighted by Crippen LogP contribution is -2.43. The van der Waals surface area contributed by atoms with Crippen molar-refractivity contribution in [2.45, 2.75) is 50.0 Å². The third-order valence-corrected chi connectivity index (χ3v) is 9.32. The molecule has 2 unspecified atom stereocenters. The number of halogens is 1. The van der Waals surface area contributed by atoms with Crippen LogP contribution >= 0.6 is 11.6 Å². The second-order valence-electron chi connectivity index (χ2n) is 11.4. The number of amides is 1. The lowest BCUT2D eigenvalue weighted by atomic mass is 9.95. The zero-order valence-corrected chi connectivity index (χ0v) is 22.8. The van der Waals surface area contributed by atoms with Crippen LogP contribution in [0.2, 0.25) is 5.02 Å². The zero-order chi connectivity index (χ0) is 26.6. The molecule has 3 fully saturated rings. The summed E-state index contributed by atoms with van der Waals surface area (Å²) in [4.78, 5) is 28.7. The molecule has 1 saturated carbocycles. The number of carbonyl (C=O) groups excluding carboxylic acids is 1. The predicted molar refractivity (Wildman–Crippen MR) is 152 cm³/mol. The summed E-state index contributed by atoms with van der Waals surface area (Å²) in [5, 5.41) is 7.42. The van der Waals surface area contributed by atoms with Crippen molar-refractivity contribution < 1.29 is 9.53 Å². The number of hydrogen-bond acceptors (Lipinski definition) is 7. The number of benzene rings is 1. The van der Waals surface area contributed by atoms with Gasteiger partial charge in [-0.25, -0.2) is 4.98 Å². The molecule has 39 heavy (non-hydrogen) atoms. The number of nitrogens with one attached hydrogen (secondary N) is 2. The Morgan fingerprint density at radius 2 is 2.05 bits per heavy atom. The van der Waals surface area contributed by atoms with Gasteiger partial charge in [-0.2, -0.15) is 9.97 Å². The van der Waals surface area contributed by atoms with Crippen LogP contribution in [0.4, 0.5) is 5.82 Å². The van der Waals surface area contributed by atoms with E-state index in [4.69, 9.17) is 31.3 Å². The highest BCUT2D eigenvalue weighted by Crippen LogP contribution is 2.58.